The van der Waals surface area contributed by atoms with Gasteiger partial charge in [-0.1, -0.05) is 18.2 Å². The van der Waals surface area contributed by atoms with E-state index in [4.69, 9.17) is 14.7 Å². The van der Waals surface area contributed by atoms with E-state index >= 15 is 0 Å². The highest BCUT2D eigenvalue weighted by molar-refractivity contribution is 7.12. The van der Waals surface area contributed by atoms with Crippen LogP contribution in [0.2, 0.25) is 0 Å². The Morgan fingerprint density at radius 1 is 0.971 bits per heavy atom. The average molecular weight is 470 g/mol. The van der Waals surface area contributed by atoms with E-state index < -0.39 is 0 Å². The molecule has 0 aliphatic carbocycles. The molecule has 7 nitrogen and oxygen atoms in total. The van der Waals surface area contributed by atoms with Gasteiger partial charge >= 0.3 is 0 Å². The summed E-state index contributed by atoms with van der Waals surface area (Å²) in [5.41, 5.74) is 8.86. The molecule has 8 heteroatoms. The predicted octanol–water partition coefficient (Wildman–Crippen LogP) is 5.56. The number of aromatic nitrogens is 3. The minimum atomic E-state index is 0.560. The van der Waals surface area contributed by atoms with Crippen molar-refractivity contribution < 1.29 is 9.53 Å². The Balaban J connectivity index is 0.00000133. The van der Waals surface area contributed by atoms with Gasteiger partial charge in [-0.25, -0.2) is 9.97 Å². The van der Waals surface area contributed by atoms with Crippen LogP contribution in [0.4, 0.5) is 11.5 Å². The van der Waals surface area contributed by atoms with Crippen molar-refractivity contribution in [2.75, 3.05) is 19.5 Å². The Morgan fingerprint density at radius 3 is 2.56 bits per heavy atom. The normalized spacial score (nSPS) is 10.3. The lowest BCUT2D eigenvalue weighted by molar-refractivity contribution is 0.112. The Bertz CT molecular complexity index is 1420. The summed E-state index contributed by atoms with van der Waals surface area (Å²) in [6.45, 7) is 0. The fraction of sp³-hybridized carbons (Fsp3) is 0.0769. The van der Waals surface area contributed by atoms with Crippen LogP contribution in [0, 0.1) is 0 Å². The molecule has 0 amide bonds. The molecule has 5 aromatic rings. The summed E-state index contributed by atoms with van der Waals surface area (Å²) in [6, 6.07) is 19.6. The number of carbonyl (C=O) groups is 1. The van der Waals surface area contributed by atoms with Crippen LogP contribution in [0.1, 0.15) is 9.67 Å². The molecule has 170 valence electrons. The number of rotatable bonds is 6. The molecule has 0 atom stereocenters. The number of methoxy groups -OCH3 is 1. The van der Waals surface area contributed by atoms with Crippen LogP contribution >= 0.6 is 11.3 Å². The molecular formula is C26H23N5O2S. The number of carbonyl (C=O) groups excluding carboxylic acids is 1. The van der Waals surface area contributed by atoms with Gasteiger partial charge in [0.1, 0.15) is 11.6 Å². The van der Waals surface area contributed by atoms with E-state index in [0.29, 0.717) is 22.2 Å². The van der Waals surface area contributed by atoms with Gasteiger partial charge in [0, 0.05) is 23.3 Å². The van der Waals surface area contributed by atoms with Crippen molar-refractivity contribution in [3.63, 3.8) is 0 Å². The Kier molecular flexibility index (Phi) is 7.22. The number of nitrogens with one attached hydrogen (secondary N) is 1. The minimum absolute atomic E-state index is 0.560. The molecule has 5 rings (SSSR count). The van der Waals surface area contributed by atoms with Crippen LogP contribution < -0.4 is 15.8 Å². The number of ether oxygens (including phenoxy) is 1. The molecule has 0 fully saturated rings. The molecule has 3 aromatic heterocycles. The van der Waals surface area contributed by atoms with E-state index in [1.807, 2.05) is 66.0 Å². The van der Waals surface area contributed by atoms with Crippen molar-refractivity contribution in [3.8, 4) is 28.3 Å². The summed E-state index contributed by atoms with van der Waals surface area (Å²) in [4.78, 5) is 25.8. The van der Waals surface area contributed by atoms with Gasteiger partial charge < -0.3 is 15.8 Å². The molecule has 0 bridgehead atoms. The maximum absolute atomic E-state index is 11.4. The molecular weight excluding hydrogens is 446 g/mol. The number of benzene rings is 2. The monoisotopic (exact) mass is 469 g/mol. The smallest absolute Gasteiger partial charge is 0.163 e. The summed E-state index contributed by atoms with van der Waals surface area (Å²) in [5, 5.41) is 6.06. The lowest BCUT2D eigenvalue weighted by atomic mass is 10.0. The second-order valence-electron chi connectivity index (χ2n) is 7.04. The van der Waals surface area contributed by atoms with Gasteiger partial charge in [0.25, 0.3) is 0 Å². The van der Waals surface area contributed by atoms with Crippen molar-refractivity contribution in [2.45, 2.75) is 0 Å². The first kappa shape index (κ1) is 23.0. The first-order valence-electron chi connectivity index (χ1n) is 10.5. The Morgan fingerprint density at radius 2 is 1.79 bits per heavy atom. The van der Waals surface area contributed by atoms with Crippen LogP contribution in [0.3, 0.4) is 0 Å². The summed E-state index contributed by atoms with van der Waals surface area (Å²) in [6.07, 6.45) is 4.29. The quantitative estimate of drug-likeness (QED) is 0.314. The summed E-state index contributed by atoms with van der Waals surface area (Å²) in [7, 11) is 3.15. The zero-order chi connectivity index (χ0) is 23.9. The van der Waals surface area contributed by atoms with Crippen molar-refractivity contribution in [3.05, 3.63) is 83.3 Å². The fourth-order valence-electron chi connectivity index (χ4n) is 3.47. The zero-order valence-electron chi connectivity index (χ0n) is 18.7. The van der Waals surface area contributed by atoms with E-state index in [9.17, 15) is 4.79 Å². The third kappa shape index (κ3) is 4.78. The van der Waals surface area contributed by atoms with Crippen molar-refractivity contribution in [1.29, 1.82) is 0 Å². The van der Waals surface area contributed by atoms with Gasteiger partial charge in [-0.15, -0.1) is 11.3 Å². The molecule has 0 spiro atoms. The summed E-state index contributed by atoms with van der Waals surface area (Å²) >= 11 is 1.38. The first-order chi connectivity index (χ1) is 16.7. The van der Waals surface area contributed by atoms with Gasteiger partial charge in [0.05, 0.1) is 23.2 Å². The van der Waals surface area contributed by atoms with Gasteiger partial charge in [0.15, 0.2) is 12.1 Å². The molecule has 0 saturated heterocycles. The average Bonchev–Trinajstić information content (AvgIpc) is 3.37. The molecule has 0 unspecified atom stereocenters. The molecule has 3 N–H and O–H groups in total. The number of nitrogens with two attached hydrogens (primary N) is 1. The number of pyridine rings is 1. The molecule has 2 aromatic carbocycles. The van der Waals surface area contributed by atoms with Crippen LogP contribution in [0.15, 0.2) is 78.4 Å². The highest BCUT2D eigenvalue weighted by Crippen LogP contribution is 2.33. The van der Waals surface area contributed by atoms with E-state index in [0.717, 1.165) is 39.6 Å². The topological polar surface area (TPSA) is 103 Å². The van der Waals surface area contributed by atoms with Crippen LogP contribution in [0.5, 0.6) is 5.75 Å². The van der Waals surface area contributed by atoms with Gasteiger partial charge in [0.2, 0.25) is 0 Å². The highest BCUT2D eigenvalue weighted by Gasteiger charge is 2.13. The van der Waals surface area contributed by atoms with E-state index in [2.05, 4.69) is 16.0 Å². The van der Waals surface area contributed by atoms with Crippen LogP contribution in [-0.2, 0) is 0 Å². The molecule has 0 saturated carbocycles. The number of thiophene rings is 1. The molecule has 34 heavy (non-hydrogen) atoms. The number of hydrogen-bond donors (Lipinski definition) is 2. The maximum Gasteiger partial charge on any atom is 0.163 e. The third-order valence-electron chi connectivity index (χ3n) is 5.07. The molecule has 0 aliphatic heterocycles. The predicted molar refractivity (Wildman–Crippen MR) is 138 cm³/mol. The second kappa shape index (κ2) is 10.7. The lowest BCUT2D eigenvalue weighted by Crippen LogP contribution is -2.00. The maximum atomic E-state index is 11.4. The van der Waals surface area contributed by atoms with Crippen molar-refractivity contribution in [2.24, 2.45) is 5.73 Å². The number of fused-ring (bicyclic) bond motifs is 1. The third-order valence-corrected chi connectivity index (χ3v) is 5.92. The summed E-state index contributed by atoms with van der Waals surface area (Å²) < 4.78 is 5.37. The van der Waals surface area contributed by atoms with Gasteiger partial charge in [-0.2, -0.15) is 0 Å². The van der Waals surface area contributed by atoms with E-state index in [1.54, 1.807) is 19.5 Å². The molecule has 0 radical (unpaired) electrons. The second-order valence-corrected chi connectivity index (χ2v) is 7.99. The highest BCUT2D eigenvalue weighted by atomic mass is 32.1. The number of anilines is 2. The number of nitrogens with zero attached hydrogens (tertiary/aromatic N) is 3. The van der Waals surface area contributed by atoms with Crippen molar-refractivity contribution in [1.82, 2.24) is 15.0 Å². The Labute approximate surface area is 201 Å². The zero-order valence-corrected chi connectivity index (χ0v) is 19.5. The Hall–Kier alpha value is -4.14. The van der Waals surface area contributed by atoms with E-state index in [1.165, 1.54) is 18.4 Å². The van der Waals surface area contributed by atoms with Gasteiger partial charge in [-0.3, -0.25) is 9.78 Å². The fourth-order valence-corrected chi connectivity index (χ4v) is 4.13. The molecule has 0 aliphatic rings. The number of aldehydes is 1. The van der Waals surface area contributed by atoms with Gasteiger partial charge in [-0.05, 0) is 66.0 Å². The number of hydrogen-bond acceptors (Lipinski definition) is 8. The van der Waals surface area contributed by atoms with Crippen molar-refractivity contribution >= 4 is 40.0 Å². The standard InChI is InChI=1S/C25H18N4O2S.CH5N/c1-31-19-6-2-4-16(12-19)17-7-8-21-20(13-17)25(28-22-9-11-32-23(22)15-30)29-24(27-21)18-5-3-10-26-14-18;1-2/h2-15H,1H3,(H,27,28,29);2H2,1H3. The summed E-state index contributed by atoms with van der Waals surface area (Å²) in [5.74, 6) is 1.98. The SMILES string of the molecule is CN.COc1cccc(-c2ccc3nc(-c4cccnc4)nc(Nc4ccsc4C=O)c3c2)c1. The lowest BCUT2D eigenvalue weighted by Gasteiger charge is -2.12. The minimum Gasteiger partial charge on any atom is -0.497 e. The van der Waals surface area contributed by atoms with Crippen LogP contribution in [-0.4, -0.2) is 35.4 Å². The van der Waals surface area contributed by atoms with Crippen LogP contribution in [0.25, 0.3) is 33.4 Å². The largest absolute Gasteiger partial charge is 0.497 e. The molecule has 3 heterocycles. The van der Waals surface area contributed by atoms with E-state index in [-0.39, 0.29) is 0 Å². The first-order valence-corrected chi connectivity index (χ1v) is 11.4.